The molecule has 0 aliphatic carbocycles. The van der Waals surface area contributed by atoms with E-state index in [1.165, 1.54) is 6.20 Å². The van der Waals surface area contributed by atoms with Crippen LogP contribution in [-0.4, -0.2) is 23.3 Å². The summed E-state index contributed by atoms with van der Waals surface area (Å²) >= 11 is 0. The Morgan fingerprint density at radius 2 is 2.00 bits per heavy atom. The fraction of sp³-hybridized carbons (Fsp3) is 0.300. The maximum atomic E-state index is 11.1. The Balaban J connectivity index is 2.35. The van der Waals surface area contributed by atoms with Crippen molar-refractivity contribution in [3.63, 3.8) is 0 Å². The van der Waals surface area contributed by atoms with E-state index >= 15 is 0 Å². The van der Waals surface area contributed by atoms with Crippen molar-refractivity contribution in [2.24, 2.45) is 11.7 Å². The Morgan fingerprint density at radius 1 is 1.22 bits per heavy atom. The van der Waals surface area contributed by atoms with Crippen molar-refractivity contribution in [3.8, 4) is 0 Å². The molecule has 0 unspecified atom stereocenters. The summed E-state index contributed by atoms with van der Waals surface area (Å²) in [6.45, 7) is 0.586. The first-order valence-electron chi connectivity index (χ1n) is 5.37. The molecule has 18 heavy (non-hydrogen) atoms. The number of nitrogen functional groups attached to an aromatic ring is 1. The summed E-state index contributed by atoms with van der Waals surface area (Å²) in [5.41, 5.74) is 4.45. The van der Waals surface area contributed by atoms with Crippen molar-refractivity contribution in [2.45, 2.75) is 12.8 Å². The number of aromatic nitrogens is 1. The summed E-state index contributed by atoms with van der Waals surface area (Å²) in [6.07, 6.45) is 2.39. The first-order chi connectivity index (χ1) is 8.67. The highest BCUT2D eigenvalue weighted by Crippen LogP contribution is 2.05. The monoisotopic (exact) mass is 252 g/mol. The summed E-state index contributed by atoms with van der Waals surface area (Å²) in [7, 11) is 0. The molecule has 1 heterocycles. The molecule has 0 saturated heterocycles. The molecule has 0 radical (unpaired) electrons. The molecule has 1 aromatic heterocycles. The van der Waals surface area contributed by atoms with Gasteiger partial charge >= 0.3 is 0 Å². The van der Waals surface area contributed by atoms with Gasteiger partial charge in [0.1, 0.15) is 5.82 Å². The number of hydrazine groups is 2. The van der Waals surface area contributed by atoms with Gasteiger partial charge in [0.25, 0.3) is 5.91 Å². The smallest absolute Gasteiger partial charge is 0.266 e. The van der Waals surface area contributed by atoms with E-state index in [0.29, 0.717) is 30.8 Å². The van der Waals surface area contributed by atoms with E-state index in [2.05, 4.69) is 15.7 Å². The number of nitrogens with two attached hydrogens (primary N) is 2. The third-order valence-electron chi connectivity index (χ3n) is 2.20. The van der Waals surface area contributed by atoms with E-state index in [0.717, 1.165) is 0 Å². The van der Waals surface area contributed by atoms with E-state index in [-0.39, 0.29) is 5.91 Å². The zero-order chi connectivity index (χ0) is 13.4. The second kappa shape index (κ2) is 7.20. The van der Waals surface area contributed by atoms with Crippen LogP contribution in [0.4, 0.5) is 5.82 Å². The van der Waals surface area contributed by atoms with Crippen LogP contribution in [0.25, 0.3) is 0 Å². The second-order valence-electron chi connectivity index (χ2n) is 3.50. The average Bonchev–Trinajstić information content (AvgIpc) is 2.43. The number of pyridine rings is 1. The molecule has 0 aromatic carbocycles. The Labute approximate surface area is 104 Å². The van der Waals surface area contributed by atoms with Crippen molar-refractivity contribution in [1.82, 2.24) is 15.8 Å². The molecule has 8 heteroatoms. The minimum Gasteiger partial charge on any atom is -0.370 e. The number of hydrogen-bond acceptors (Lipinski definition) is 6. The predicted octanol–water partition coefficient (Wildman–Crippen LogP) is -1.13. The molecule has 1 aromatic rings. The maximum Gasteiger partial charge on any atom is 0.266 e. The van der Waals surface area contributed by atoms with Gasteiger partial charge in [0.15, 0.2) is 0 Å². The minimum absolute atomic E-state index is 0.209. The molecule has 0 fully saturated rings. The van der Waals surface area contributed by atoms with Crippen LogP contribution in [-0.2, 0) is 4.79 Å². The molecule has 98 valence electrons. The van der Waals surface area contributed by atoms with Crippen molar-refractivity contribution in [1.29, 1.82) is 0 Å². The largest absolute Gasteiger partial charge is 0.370 e. The van der Waals surface area contributed by atoms with E-state index in [4.69, 9.17) is 11.7 Å². The van der Waals surface area contributed by atoms with Crippen LogP contribution in [0.1, 0.15) is 23.2 Å². The van der Waals surface area contributed by atoms with Crippen molar-refractivity contribution < 1.29 is 9.59 Å². The summed E-state index contributed by atoms with van der Waals surface area (Å²) in [6, 6.07) is 3.26. The number of amides is 2. The molecule has 7 N–H and O–H groups in total. The molecule has 0 aliphatic heterocycles. The zero-order valence-electron chi connectivity index (χ0n) is 9.77. The van der Waals surface area contributed by atoms with Crippen LogP contribution in [0.2, 0.25) is 0 Å². The van der Waals surface area contributed by atoms with Gasteiger partial charge in [0.05, 0.1) is 5.56 Å². The Morgan fingerprint density at radius 3 is 2.56 bits per heavy atom. The lowest BCUT2D eigenvalue weighted by Gasteiger charge is -2.05. The lowest BCUT2D eigenvalue weighted by molar-refractivity contribution is -0.121. The molecule has 0 aliphatic rings. The van der Waals surface area contributed by atoms with E-state index in [1.807, 2.05) is 5.43 Å². The molecule has 0 atom stereocenters. The predicted molar refractivity (Wildman–Crippen MR) is 65.9 cm³/mol. The quantitative estimate of drug-likeness (QED) is 0.188. The van der Waals surface area contributed by atoms with Crippen LogP contribution in [0, 0.1) is 0 Å². The first kappa shape index (κ1) is 13.9. The lowest BCUT2D eigenvalue weighted by Crippen LogP contribution is -2.30. The highest BCUT2D eigenvalue weighted by Gasteiger charge is 2.03. The topological polar surface area (TPSA) is 135 Å². The molecular weight excluding hydrogens is 236 g/mol. The molecule has 2 amide bonds. The van der Waals surface area contributed by atoms with Gasteiger partial charge in [-0.2, -0.15) is 0 Å². The molecule has 8 nitrogen and oxygen atoms in total. The van der Waals surface area contributed by atoms with E-state index < -0.39 is 5.91 Å². The average molecular weight is 252 g/mol. The van der Waals surface area contributed by atoms with Gasteiger partial charge in [-0.1, -0.05) is 0 Å². The molecular formula is C10H16N6O2. The number of rotatable bonds is 6. The Bertz CT molecular complexity index is 405. The highest BCUT2D eigenvalue weighted by atomic mass is 16.2. The van der Waals surface area contributed by atoms with Crippen molar-refractivity contribution in [2.75, 3.05) is 11.9 Å². The summed E-state index contributed by atoms with van der Waals surface area (Å²) in [5.74, 6) is 9.95. The van der Waals surface area contributed by atoms with Gasteiger partial charge in [0, 0.05) is 19.2 Å². The summed E-state index contributed by atoms with van der Waals surface area (Å²) < 4.78 is 0. The number of carbonyl (C=O) groups is 2. The molecule has 0 spiro atoms. The second-order valence-corrected chi connectivity index (χ2v) is 3.50. The van der Waals surface area contributed by atoms with Gasteiger partial charge in [-0.25, -0.2) is 16.7 Å². The number of carbonyl (C=O) groups excluding carboxylic acids is 2. The highest BCUT2D eigenvalue weighted by molar-refractivity contribution is 5.93. The fourth-order valence-corrected chi connectivity index (χ4v) is 1.25. The standard InChI is InChI=1S/C10H16N6O2/c11-15-9(17)2-1-5-13-8-4-3-7(6-14-8)10(18)16-12/h3-4,6H,1-2,5,11-12H2,(H,13,14)(H,15,17)(H,16,18). The van der Waals surface area contributed by atoms with Gasteiger partial charge in [-0.3, -0.25) is 20.4 Å². The SMILES string of the molecule is NNC(=O)CCCNc1ccc(C(=O)NN)cn1. The Hall–Kier alpha value is -2.19. The van der Waals surface area contributed by atoms with Crippen LogP contribution in [0.5, 0.6) is 0 Å². The minimum atomic E-state index is -0.395. The van der Waals surface area contributed by atoms with Crippen LogP contribution in [0.3, 0.4) is 0 Å². The van der Waals surface area contributed by atoms with Crippen molar-refractivity contribution >= 4 is 17.6 Å². The van der Waals surface area contributed by atoms with Crippen molar-refractivity contribution in [3.05, 3.63) is 23.9 Å². The third kappa shape index (κ3) is 4.36. The van der Waals surface area contributed by atoms with Crippen LogP contribution in [0.15, 0.2) is 18.3 Å². The van der Waals surface area contributed by atoms with Gasteiger partial charge in [-0.15, -0.1) is 0 Å². The zero-order valence-corrected chi connectivity index (χ0v) is 9.77. The fourth-order valence-electron chi connectivity index (χ4n) is 1.25. The third-order valence-corrected chi connectivity index (χ3v) is 2.20. The van der Waals surface area contributed by atoms with E-state index in [1.54, 1.807) is 12.1 Å². The normalized spacial score (nSPS) is 9.67. The van der Waals surface area contributed by atoms with Gasteiger partial charge in [0.2, 0.25) is 5.91 Å². The van der Waals surface area contributed by atoms with Crippen LogP contribution < -0.4 is 27.9 Å². The molecule has 0 bridgehead atoms. The van der Waals surface area contributed by atoms with Gasteiger partial charge < -0.3 is 5.32 Å². The summed E-state index contributed by atoms with van der Waals surface area (Å²) in [5, 5.41) is 3.01. The number of hydrogen-bond donors (Lipinski definition) is 5. The van der Waals surface area contributed by atoms with Crippen LogP contribution >= 0.6 is 0 Å². The molecule has 1 rings (SSSR count). The van der Waals surface area contributed by atoms with E-state index in [9.17, 15) is 9.59 Å². The summed E-state index contributed by atoms with van der Waals surface area (Å²) in [4.78, 5) is 26.0. The van der Waals surface area contributed by atoms with Gasteiger partial charge in [-0.05, 0) is 18.6 Å². The lowest BCUT2D eigenvalue weighted by atomic mass is 10.2. The first-order valence-corrected chi connectivity index (χ1v) is 5.37. The maximum absolute atomic E-state index is 11.1. The Kier molecular flexibility index (Phi) is 5.55. The number of anilines is 1. The molecule has 0 saturated carbocycles. The number of nitrogens with one attached hydrogen (secondary N) is 3. The number of nitrogens with zero attached hydrogens (tertiary/aromatic N) is 1.